The molecule has 1 fully saturated rings. The van der Waals surface area contributed by atoms with E-state index in [0.717, 1.165) is 47.5 Å². The van der Waals surface area contributed by atoms with Crippen molar-refractivity contribution in [1.29, 1.82) is 0 Å². The van der Waals surface area contributed by atoms with Gasteiger partial charge < -0.3 is 15.0 Å². The number of carbonyl (C=O) groups excluding carboxylic acids is 2. The zero-order chi connectivity index (χ0) is 33.2. The van der Waals surface area contributed by atoms with Gasteiger partial charge in [0, 0.05) is 24.0 Å². The molecule has 1 aliphatic rings. The molecule has 4 aromatic rings. The van der Waals surface area contributed by atoms with Crippen molar-refractivity contribution in [2.45, 2.75) is 62.0 Å². The number of anilines is 1. The van der Waals surface area contributed by atoms with Crippen LogP contribution in [0, 0.1) is 0 Å². The first-order valence-electron chi connectivity index (χ1n) is 15.8. The standard InChI is InChI=1S/C37H40ClN3O5S/c1-46-33-17-11-14-29(24-33)26-40(35(25-28-12-5-2-6-13-28)37(43)39-31-15-7-3-8-16-31)36(42)27-41(32-22-20-30(38)21-23-32)47(44,45)34-18-9-4-10-19-34/h2,4-6,9-14,17-24,31,35H,3,7-8,15-16,25-27H2,1H3,(H,39,43). The van der Waals surface area contributed by atoms with Crippen LogP contribution in [0.2, 0.25) is 5.02 Å². The Morgan fingerprint density at radius 3 is 2.15 bits per heavy atom. The number of nitrogens with zero attached hydrogens (tertiary/aromatic N) is 2. The fourth-order valence-corrected chi connectivity index (χ4v) is 7.48. The highest BCUT2D eigenvalue weighted by Gasteiger charge is 2.35. The first-order valence-corrected chi connectivity index (χ1v) is 17.7. The molecule has 0 aromatic heterocycles. The predicted octanol–water partition coefficient (Wildman–Crippen LogP) is 6.63. The Hall–Kier alpha value is -4.34. The van der Waals surface area contributed by atoms with Crippen LogP contribution in [0.5, 0.6) is 5.75 Å². The molecule has 0 bridgehead atoms. The molecule has 246 valence electrons. The first kappa shape index (κ1) is 34.0. The minimum Gasteiger partial charge on any atom is -0.497 e. The summed E-state index contributed by atoms with van der Waals surface area (Å²) in [7, 11) is -2.62. The number of hydrogen-bond acceptors (Lipinski definition) is 5. The molecular weight excluding hydrogens is 634 g/mol. The van der Waals surface area contributed by atoms with Gasteiger partial charge in [0.05, 0.1) is 17.7 Å². The molecule has 8 nitrogen and oxygen atoms in total. The molecular formula is C37H40ClN3O5S. The molecule has 0 radical (unpaired) electrons. The van der Waals surface area contributed by atoms with Gasteiger partial charge in [0.2, 0.25) is 11.8 Å². The minimum atomic E-state index is -4.18. The third kappa shape index (κ3) is 8.93. The average Bonchev–Trinajstić information content (AvgIpc) is 3.10. The molecule has 2 amide bonds. The summed E-state index contributed by atoms with van der Waals surface area (Å²) in [5, 5.41) is 3.66. The lowest BCUT2D eigenvalue weighted by Crippen LogP contribution is -2.55. The topological polar surface area (TPSA) is 96.0 Å². The molecule has 5 rings (SSSR count). The number of benzene rings is 4. The number of amides is 2. The third-order valence-electron chi connectivity index (χ3n) is 8.43. The Bertz CT molecular complexity index is 1730. The highest BCUT2D eigenvalue weighted by atomic mass is 35.5. The summed E-state index contributed by atoms with van der Waals surface area (Å²) in [5.41, 5.74) is 1.90. The predicted molar refractivity (Wildman–Crippen MR) is 185 cm³/mol. The molecule has 0 saturated heterocycles. The molecule has 0 spiro atoms. The minimum absolute atomic E-state index is 0.0207. The van der Waals surface area contributed by atoms with Gasteiger partial charge in [0.15, 0.2) is 0 Å². The van der Waals surface area contributed by atoms with Gasteiger partial charge >= 0.3 is 0 Å². The van der Waals surface area contributed by atoms with E-state index in [-0.39, 0.29) is 35.5 Å². The quantitative estimate of drug-likeness (QED) is 0.172. The Morgan fingerprint density at radius 1 is 0.851 bits per heavy atom. The fourth-order valence-electron chi connectivity index (χ4n) is 5.92. The number of rotatable bonds is 13. The van der Waals surface area contributed by atoms with Crippen molar-refractivity contribution in [2.75, 3.05) is 18.0 Å². The van der Waals surface area contributed by atoms with Crippen LogP contribution < -0.4 is 14.4 Å². The van der Waals surface area contributed by atoms with Gasteiger partial charge in [-0.2, -0.15) is 0 Å². The van der Waals surface area contributed by atoms with Crippen LogP contribution in [0.3, 0.4) is 0 Å². The Labute approximate surface area is 282 Å². The molecule has 47 heavy (non-hydrogen) atoms. The Morgan fingerprint density at radius 2 is 1.49 bits per heavy atom. The zero-order valence-electron chi connectivity index (χ0n) is 26.4. The highest BCUT2D eigenvalue weighted by molar-refractivity contribution is 7.92. The second-order valence-electron chi connectivity index (χ2n) is 11.7. The first-order chi connectivity index (χ1) is 22.7. The van der Waals surface area contributed by atoms with Crippen LogP contribution >= 0.6 is 11.6 Å². The van der Waals surface area contributed by atoms with E-state index in [1.54, 1.807) is 49.6 Å². The maximum absolute atomic E-state index is 14.6. The number of halogens is 1. The summed E-state index contributed by atoms with van der Waals surface area (Å²) in [6.07, 6.45) is 5.22. The summed E-state index contributed by atoms with van der Waals surface area (Å²) in [5.74, 6) is -0.182. The smallest absolute Gasteiger partial charge is 0.264 e. The molecule has 1 unspecified atom stereocenters. The number of methoxy groups -OCH3 is 1. The van der Waals surface area contributed by atoms with Crippen molar-refractivity contribution < 1.29 is 22.7 Å². The monoisotopic (exact) mass is 673 g/mol. The van der Waals surface area contributed by atoms with Crippen molar-refractivity contribution in [2.24, 2.45) is 0 Å². The van der Waals surface area contributed by atoms with Crippen LogP contribution in [0.4, 0.5) is 5.69 Å². The van der Waals surface area contributed by atoms with Crippen molar-refractivity contribution in [3.8, 4) is 5.75 Å². The van der Waals surface area contributed by atoms with E-state index in [9.17, 15) is 18.0 Å². The van der Waals surface area contributed by atoms with Gasteiger partial charge in [-0.1, -0.05) is 91.5 Å². The van der Waals surface area contributed by atoms with E-state index in [1.807, 2.05) is 54.6 Å². The number of nitrogens with one attached hydrogen (secondary N) is 1. The van der Waals surface area contributed by atoms with Crippen LogP contribution in [0.15, 0.2) is 114 Å². The third-order valence-corrected chi connectivity index (χ3v) is 10.5. The van der Waals surface area contributed by atoms with E-state index in [4.69, 9.17) is 16.3 Å². The molecule has 4 aromatic carbocycles. The number of carbonyl (C=O) groups is 2. The lowest BCUT2D eigenvalue weighted by molar-refractivity contribution is -0.140. The van der Waals surface area contributed by atoms with Crippen LogP contribution in [0.25, 0.3) is 0 Å². The van der Waals surface area contributed by atoms with Gasteiger partial charge in [0.25, 0.3) is 10.0 Å². The highest BCUT2D eigenvalue weighted by Crippen LogP contribution is 2.27. The SMILES string of the molecule is COc1cccc(CN(C(=O)CN(c2ccc(Cl)cc2)S(=O)(=O)c2ccccc2)C(Cc2ccccc2)C(=O)NC2CCCCC2)c1. The van der Waals surface area contributed by atoms with E-state index in [1.165, 1.54) is 17.0 Å². The van der Waals surface area contributed by atoms with E-state index < -0.39 is 28.5 Å². The maximum Gasteiger partial charge on any atom is 0.264 e. The van der Waals surface area contributed by atoms with Gasteiger partial charge in [-0.15, -0.1) is 0 Å². The van der Waals surface area contributed by atoms with Gasteiger partial charge in [-0.25, -0.2) is 8.42 Å². The second-order valence-corrected chi connectivity index (χ2v) is 14.0. The summed E-state index contributed by atoms with van der Waals surface area (Å²) in [6, 6.07) is 30.2. The summed E-state index contributed by atoms with van der Waals surface area (Å²) in [6.45, 7) is -0.476. The largest absolute Gasteiger partial charge is 0.497 e. The summed E-state index contributed by atoms with van der Waals surface area (Å²) >= 11 is 6.15. The van der Waals surface area contributed by atoms with Crippen molar-refractivity contribution in [3.63, 3.8) is 0 Å². The molecule has 0 heterocycles. The van der Waals surface area contributed by atoms with Crippen LogP contribution in [-0.4, -0.2) is 50.9 Å². The van der Waals surface area contributed by atoms with Crippen LogP contribution in [-0.2, 0) is 32.6 Å². The van der Waals surface area contributed by atoms with E-state index >= 15 is 0 Å². The van der Waals surface area contributed by atoms with E-state index in [2.05, 4.69) is 5.32 Å². The van der Waals surface area contributed by atoms with Gasteiger partial charge in [-0.3, -0.25) is 13.9 Å². The van der Waals surface area contributed by atoms with Crippen LogP contribution in [0.1, 0.15) is 43.2 Å². The molecule has 1 N–H and O–H groups in total. The zero-order valence-corrected chi connectivity index (χ0v) is 28.0. The van der Waals surface area contributed by atoms with Crippen molar-refractivity contribution >= 4 is 39.1 Å². The fraction of sp³-hybridized carbons (Fsp3) is 0.297. The molecule has 0 aliphatic heterocycles. The lowest BCUT2D eigenvalue weighted by atomic mass is 9.94. The van der Waals surface area contributed by atoms with Gasteiger partial charge in [-0.05, 0) is 72.5 Å². The van der Waals surface area contributed by atoms with E-state index in [0.29, 0.717) is 10.8 Å². The molecule has 1 atom stereocenters. The molecule has 1 saturated carbocycles. The summed E-state index contributed by atoms with van der Waals surface area (Å²) in [4.78, 5) is 30.4. The second kappa shape index (κ2) is 16.0. The van der Waals surface area contributed by atoms with Crippen molar-refractivity contribution in [1.82, 2.24) is 10.2 Å². The lowest BCUT2D eigenvalue weighted by Gasteiger charge is -2.35. The van der Waals surface area contributed by atoms with Crippen molar-refractivity contribution in [3.05, 3.63) is 125 Å². The number of ether oxygens (including phenoxy) is 1. The number of hydrogen-bond donors (Lipinski definition) is 1. The average molecular weight is 674 g/mol. The Balaban J connectivity index is 1.56. The molecule has 1 aliphatic carbocycles. The normalized spacial score (nSPS) is 14.2. The number of sulfonamides is 1. The Kier molecular flexibility index (Phi) is 11.6. The molecule has 10 heteroatoms. The maximum atomic E-state index is 14.6. The summed E-state index contributed by atoms with van der Waals surface area (Å²) < 4.78 is 34.7. The van der Waals surface area contributed by atoms with Gasteiger partial charge in [0.1, 0.15) is 18.3 Å².